The smallest absolute Gasteiger partial charge is 0.266 e. The Kier molecular flexibility index (Phi) is 7.40. The van der Waals surface area contributed by atoms with E-state index in [4.69, 9.17) is 4.43 Å². The van der Waals surface area contributed by atoms with Gasteiger partial charge in [0.1, 0.15) is 5.60 Å². The molecule has 2 nitrogen and oxygen atoms in total. The van der Waals surface area contributed by atoms with Crippen LogP contribution in [0.15, 0.2) is 10.6 Å². The van der Waals surface area contributed by atoms with E-state index in [0.717, 1.165) is 31.5 Å². The normalized spacial score (nSPS) is 35.8. The molecule has 0 amide bonds. The first-order valence-corrected chi connectivity index (χ1v) is 15.8. The summed E-state index contributed by atoms with van der Waals surface area (Å²) in [5, 5.41) is 0. The molecular formula is C23H40BrF2NOSi. The van der Waals surface area contributed by atoms with Crippen molar-refractivity contribution in [3.63, 3.8) is 0 Å². The second kappa shape index (κ2) is 8.99. The third-order valence-corrected chi connectivity index (χ3v) is 9.63. The molecule has 1 heterocycles. The molecular weight excluding hydrogens is 452 g/mol. The quantitative estimate of drug-likeness (QED) is 0.368. The number of likely N-dealkylation sites (tertiary alicyclic amines) is 1. The average molecular weight is 493 g/mol. The van der Waals surface area contributed by atoms with Crippen molar-refractivity contribution >= 4 is 24.2 Å². The Bertz CT molecular complexity index is 600. The average Bonchev–Trinajstić information content (AvgIpc) is 2.99. The van der Waals surface area contributed by atoms with E-state index in [1.807, 2.05) is 19.6 Å². The highest BCUT2D eigenvalue weighted by Gasteiger charge is 2.51. The lowest BCUT2D eigenvalue weighted by Gasteiger charge is -2.47. The van der Waals surface area contributed by atoms with Gasteiger partial charge in [0, 0.05) is 19.6 Å². The van der Waals surface area contributed by atoms with E-state index in [-0.39, 0.29) is 0 Å². The third-order valence-electron chi connectivity index (χ3n) is 8.02. The van der Waals surface area contributed by atoms with E-state index >= 15 is 0 Å². The maximum absolute atomic E-state index is 13.9. The Labute approximate surface area is 186 Å². The second-order valence-electron chi connectivity index (χ2n) is 11.1. The summed E-state index contributed by atoms with van der Waals surface area (Å²) >= 11 is 3.61. The highest BCUT2D eigenvalue weighted by Crippen LogP contribution is 2.59. The van der Waals surface area contributed by atoms with Crippen LogP contribution in [-0.2, 0) is 4.43 Å². The van der Waals surface area contributed by atoms with Crippen LogP contribution in [0.2, 0.25) is 19.6 Å². The van der Waals surface area contributed by atoms with E-state index < -0.39 is 20.3 Å². The number of nitrogens with zero attached hydrogens (tertiary/aromatic N) is 1. The Hall–Kier alpha value is 0.217. The molecule has 0 unspecified atom stereocenters. The van der Waals surface area contributed by atoms with Crippen LogP contribution >= 0.6 is 15.9 Å². The van der Waals surface area contributed by atoms with Crippen molar-refractivity contribution in [3.05, 3.63) is 10.6 Å². The number of alkyl halides is 2. The lowest BCUT2D eigenvalue weighted by atomic mass is 9.61. The Morgan fingerprint density at radius 3 is 2.41 bits per heavy atom. The highest BCUT2D eigenvalue weighted by atomic mass is 79.9. The summed E-state index contributed by atoms with van der Waals surface area (Å²) in [6, 6.07) is 0. The van der Waals surface area contributed by atoms with Gasteiger partial charge in [-0.1, -0.05) is 35.4 Å². The summed E-state index contributed by atoms with van der Waals surface area (Å²) in [7, 11) is -2.00. The van der Waals surface area contributed by atoms with Crippen molar-refractivity contribution in [1.82, 2.24) is 4.90 Å². The Morgan fingerprint density at radius 2 is 1.86 bits per heavy atom. The summed E-state index contributed by atoms with van der Waals surface area (Å²) in [5.74, 6) is 2.06. The van der Waals surface area contributed by atoms with Crippen LogP contribution in [0.4, 0.5) is 8.78 Å². The zero-order valence-corrected chi connectivity index (χ0v) is 21.5. The molecule has 6 heteroatoms. The fourth-order valence-electron chi connectivity index (χ4n) is 6.77. The molecule has 1 saturated heterocycles. The maximum Gasteiger partial charge on any atom is 0.266 e. The molecule has 2 saturated carbocycles. The van der Waals surface area contributed by atoms with Crippen molar-refractivity contribution < 1.29 is 13.2 Å². The molecule has 0 radical (unpaired) electrons. The molecule has 0 aromatic heterocycles. The van der Waals surface area contributed by atoms with Crippen molar-refractivity contribution in [3.8, 4) is 0 Å². The summed E-state index contributed by atoms with van der Waals surface area (Å²) in [4.78, 5) is 4.62. The van der Waals surface area contributed by atoms with E-state index in [0.29, 0.717) is 24.2 Å². The number of fused-ring (bicyclic) bond motifs is 1. The Balaban J connectivity index is 1.61. The number of piperidine rings is 1. The summed E-state index contributed by atoms with van der Waals surface area (Å²) in [6.45, 7) is 13.5. The number of hydrogen-bond donors (Lipinski definition) is 0. The zero-order valence-electron chi connectivity index (χ0n) is 18.9. The van der Waals surface area contributed by atoms with Crippen molar-refractivity contribution in [2.24, 2.45) is 23.2 Å². The lowest BCUT2D eigenvalue weighted by Crippen LogP contribution is -2.55. The second-order valence-corrected chi connectivity index (χ2v) is 16.0. The third kappa shape index (κ3) is 5.01. The lowest BCUT2D eigenvalue weighted by molar-refractivity contribution is -0.115. The first-order valence-electron chi connectivity index (χ1n) is 11.5. The molecule has 2 aliphatic carbocycles. The fraction of sp³-hybridized carbons (Fsp3) is 0.913. The summed E-state index contributed by atoms with van der Waals surface area (Å²) in [6.07, 6.45) is 5.01. The van der Waals surface area contributed by atoms with Crippen LogP contribution in [0.5, 0.6) is 0 Å². The summed E-state index contributed by atoms with van der Waals surface area (Å²) in [5.41, 5.74) is 0.797. The van der Waals surface area contributed by atoms with Crippen LogP contribution in [0, 0.1) is 23.2 Å². The van der Waals surface area contributed by atoms with Crippen molar-refractivity contribution in [2.75, 3.05) is 19.6 Å². The summed E-state index contributed by atoms with van der Waals surface area (Å²) < 4.78 is 33.9. The van der Waals surface area contributed by atoms with Crippen molar-refractivity contribution in [1.29, 1.82) is 0 Å². The predicted molar refractivity (Wildman–Crippen MR) is 123 cm³/mol. The van der Waals surface area contributed by atoms with Crippen LogP contribution in [0.3, 0.4) is 0 Å². The molecule has 3 rings (SSSR count). The number of hydrogen-bond acceptors (Lipinski definition) is 2. The van der Waals surface area contributed by atoms with Gasteiger partial charge < -0.3 is 9.33 Å². The largest absolute Gasteiger partial charge is 0.406 e. The fourth-order valence-corrected chi connectivity index (χ4v) is 8.83. The van der Waals surface area contributed by atoms with Gasteiger partial charge in [-0.2, -0.15) is 0 Å². The van der Waals surface area contributed by atoms with Gasteiger partial charge in [0.25, 0.3) is 6.43 Å². The van der Waals surface area contributed by atoms with E-state index in [1.54, 1.807) is 5.57 Å². The molecule has 0 N–H and O–H groups in total. The molecule has 0 aromatic rings. The van der Waals surface area contributed by atoms with Gasteiger partial charge in [0.15, 0.2) is 8.32 Å². The zero-order chi connectivity index (χ0) is 21.4. The standard InChI is InChI=1S/C23H40BrF2NOSi/c1-17(19-8-9-20-18(15-24)7-6-10-22(19,20)2)16-27-13-11-23(12-14-27,21(25)26)28-29(3,4)5/h15,17,19-21H,6-14,16H2,1-5H3/b18-15+/t17-,19+,20-,22+/m0/s1. The molecule has 4 atom stereocenters. The molecule has 0 bridgehead atoms. The number of allylic oxidation sites excluding steroid dienone is 1. The SMILES string of the molecule is C[C@@H](CN1CCC(O[Si](C)(C)C)(C(F)F)CC1)[C@H]1CC[C@H]2/C(=C/Br)CCC[C@]12C. The van der Waals surface area contributed by atoms with Gasteiger partial charge in [-0.15, -0.1) is 0 Å². The van der Waals surface area contributed by atoms with Gasteiger partial charge in [-0.3, -0.25) is 0 Å². The van der Waals surface area contributed by atoms with Gasteiger partial charge in [-0.25, -0.2) is 8.78 Å². The maximum atomic E-state index is 13.9. The molecule has 3 fully saturated rings. The molecule has 168 valence electrons. The topological polar surface area (TPSA) is 12.5 Å². The van der Waals surface area contributed by atoms with Crippen LogP contribution < -0.4 is 0 Å². The van der Waals surface area contributed by atoms with E-state index in [2.05, 4.69) is 39.7 Å². The van der Waals surface area contributed by atoms with Crippen molar-refractivity contribution in [2.45, 2.75) is 90.5 Å². The first kappa shape index (κ1) is 23.9. The minimum Gasteiger partial charge on any atom is -0.406 e. The van der Waals surface area contributed by atoms with Gasteiger partial charge in [0.2, 0.25) is 0 Å². The number of rotatable bonds is 6. The van der Waals surface area contributed by atoms with Gasteiger partial charge in [0.05, 0.1) is 0 Å². The number of halogens is 3. The molecule has 3 aliphatic rings. The molecule has 0 spiro atoms. The highest BCUT2D eigenvalue weighted by molar-refractivity contribution is 9.11. The van der Waals surface area contributed by atoms with E-state index in [9.17, 15) is 8.78 Å². The van der Waals surface area contributed by atoms with Gasteiger partial charge in [-0.05, 0) is 92.7 Å². The molecule has 29 heavy (non-hydrogen) atoms. The van der Waals surface area contributed by atoms with Crippen LogP contribution in [-0.4, -0.2) is 44.9 Å². The van der Waals surface area contributed by atoms with Gasteiger partial charge >= 0.3 is 0 Å². The van der Waals surface area contributed by atoms with Crippen LogP contribution in [0.1, 0.15) is 58.8 Å². The minimum absolute atomic E-state index is 0.404. The Morgan fingerprint density at radius 1 is 1.21 bits per heavy atom. The molecule has 1 aliphatic heterocycles. The van der Waals surface area contributed by atoms with E-state index in [1.165, 1.54) is 32.1 Å². The molecule has 0 aromatic carbocycles. The minimum atomic E-state index is -2.39. The monoisotopic (exact) mass is 491 g/mol. The predicted octanol–water partition coefficient (Wildman–Crippen LogP) is 7.07. The van der Waals surface area contributed by atoms with Crippen LogP contribution in [0.25, 0.3) is 0 Å². The first-order chi connectivity index (χ1) is 13.5.